The first-order chi connectivity index (χ1) is 7.24. The van der Waals surface area contributed by atoms with Gasteiger partial charge in [0.15, 0.2) is 17.1 Å². The Kier molecular flexibility index (Phi) is 1.56. The lowest BCUT2D eigenvalue weighted by Gasteiger charge is -1.90. The van der Waals surface area contributed by atoms with Crippen LogP contribution in [0.25, 0.3) is 11.2 Å². The summed E-state index contributed by atoms with van der Waals surface area (Å²) in [6, 6.07) is 1.46. The molecule has 3 rings (SSSR count). The molecule has 1 aliphatic rings. The first kappa shape index (κ1) is 8.40. The van der Waals surface area contributed by atoms with Gasteiger partial charge in [0, 0.05) is 18.2 Å². The van der Waals surface area contributed by atoms with Gasteiger partial charge in [-0.1, -0.05) is 0 Å². The highest BCUT2D eigenvalue weighted by Gasteiger charge is 2.29. The fourth-order valence-electron chi connectivity index (χ4n) is 1.46. The lowest BCUT2D eigenvalue weighted by molar-refractivity contribution is 0.0696. The Morgan fingerprint density at radius 1 is 1.53 bits per heavy atom. The number of aromatic nitrogens is 2. The van der Waals surface area contributed by atoms with Crippen LogP contribution in [0, 0.1) is 0 Å². The zero-order chi connectivity index (χ0) is 10.4. The number of hydrogen-bond donors (Lipinski definition) is 1. The van der Waals surface area contributed by atoms with Crippen molar-refractivity contribution in [2.45, 2.75) is 18.8 Å². The molecule has 2 aromatic heterocycles. The molecule has 0 aromatic carbocycles. The molecule has 0 aliphatic heterocycles. The molecule has 2 heterocycles. The van der Waals surface area contributed by atoms with Crippen LogP contribution < -0.4 is 0 Å². The summed E-state index contributed by atoms with van der Waals surface area (Å²) in [5, 5.41) is 8.77. The predicted molar refractivity (Wildman–Crippen MR) is 50.7 cm³/mol. The van der Waals surface area contributed by atoms with E-state index in [0.29, 0.717) is 23.0 Å². The number of carbonyl (C=O) groups is 1. The van der Waals surface area contributed by atoms with E-state index in [-0.39, 0.29) is 5.56 Å². The molecule has 0 unspecified atom stereocenters. The minimum Gasteiger partial charge on any atom is -0.478 e. The van der Waals surface area contributed by atoms with E-state index in [9.17, 15) is 4.79 Å². The Morgan fingerprint density at radius 3 is 3.00 bits per heavy atom. The number of aromatic carboxylic acids is 1. The molecule has 2 aromatic rings. The molecule has 0 radical (unpaired) electrons. The Labute approximate surface area is 84.8 Å². The normalized spacial score (nSPS) is 15.7. The molecule has 0 atom stereocenters. The minimum atomic E-state index is -1.01. The van der Waals surface area contributed by atoms with Gasteiger partial charge in [0.2, 0.25) is 0 Å². The fraction of sp³-hybridized carbons (Fsp3) is 0.300. The Hall–Kier alpha value is -1.91. The number of rotatable bonds is 2. The van der Waals surface area contributed by atoms with Gasteiger partial charge in [-0.3, -0.25) is 0 Å². The molecule has 1 fully saturated rings. The van der Waals surface area contributed by atoms with E-state index in [1.54, 1.807) is 0 Å². The Balaban J connectivity index is 2.13. The number of hydrogen-bond acceptors (Lipinski definition) is 4. The highest BCUT2D eigenvalue weighted by atomic mass is 16.4. The first-order valence-electron chi connectivity index (χ1n) is 4.74. The van der Waals surface area contributed by atoms with Gasteiger partial charge < -0.3 is 9.52 Å². The molecule has 1 N–H and O–H groups in total. The van der Waals surface area contributed by atoms with Gasteiger partial charge in [-0.2, -0.15) is 4.98 Å². The topological polar surface area (TPSA) is 76.2 Å². The van der Waals surface area contributed by atoms with Crippen molar-refractivity contribution < 1.29 is 14.3 Å². The Morgan fingerprint density at radius 2 is 2.33 bits per heavy atom. The van der Waals surface area contributed by atoms with Gasteiger partial charge in [-0.15, -0.1) is 0 Å². The number of fused-ring (bicyclic) bond motifs is 1. The van der Waals surface area contributed by atoms with E-state index in [4.69, 9.17) is 9.52 Å². The monoisotopic (exact) mass is 204 g/mol. The second-order valence-corrected chi connectivity index (χ2v) is 3.68. The summed E-state index contributed by atoms with van der Waals surface area (Å²) in [6.45, 7) is 0. The molecule has 1 saturated carbocycles. The smallest absolute Gasteiger partial charge is 0.337 e. The van der Waals surface area contributed by atoms with Crippen LogP contribution >= 0.6 is 0 Å². The van der Waals surface area contributed by atoms with Crippen LogP contribution in [0.2, 0.25) is 0 Å². The largest absolute Gasteiger partial charge is 0.478 e. The van der Waals surface area contributed by atoms with E-state index in [0.717, 1.165) is 12.8 Å². The van der Waals surface area contributed by atoms with Crippen LogP contribution in [0.15, 0.2) is 16.7 Å². The molecular formula is C10H8N2O3. The fourth-order valence-corrected chi connectivity index (χ4v) is 1.46. The van der Waals surface area contributed by atoms with Gasteiger partial charge in [0.1, 0.15) is 0 Å². The van der Waals surface area contributed by atoms with Crippen molar-refractivity contribution in [1.29, 1.82) is 0 Å². The van der Waals surface area contributed by atoms with Crippen molar-refractivity contribution in [3.8, 4) is 0 Å². The third-order valence-electron chi connectivity index (χ3n) is 2.44. The Bertz CT molecular complexity index is 543. The summed E-state index contributed by atoms with van der Waals surface area (Å²) in [4.78, 5) is 18.8. The van der Waals surface area contributed by atoms with Crippen LogP contribution in [0.3, 0.4) is 0 Å². The molecule has 0 saturated heterocycles. The van der Waals surface area contributed by atoms with Crippen molar-refractivity contribution in [3.63, 3.8) is 0 Å². The van der Waals surface area contributed by atoms with E-state index in [1.807, 2.05) is 0 Å². The number of pyridine rings is 1. The van der Waals surface area contributed by atoms with Crippen LogP contribution in [0.1, 0.15) is 35.0 Å². The van der Waals surface area contributed by atoms with Crippen molar-refractivity contribution in [2.75, 3.05) is 0 Å². The molecule has 76 valence electrons. The predicted octanol–water partition coefficient (Wildman–Crippen LogP) is 1.80. The summed E-state index contributed by atoms with van der Waals surface area (Å²) in [5.41, 5.74) is 1.07. The quantitative estimate of drug-likeness (QED) is 0.807. The molecule has 1 aliphatic carbocycles. The second-order valence-electron chi connectivity index (χ2n) is 3.68. The van der Waals surface area contributed by atoms with Gasteiger partial charge in [-0.05, 0) is 12.8 Å². The van der Waals surface area contributed by atoms with E-state index in [1.165, 1.54) is 12.3 Å². The maximum atomic E-state index is 10.7. The summed E-state index contributed by atoms with van der Waals surface area (Å²) in [5.74, 6) is 0.0845. The summed E-state index contributed by atoms with van der Waals surface area (Å²) >= 11 is 0. The summed E-state index contributed by atoms with van der Waals surface area (Å²) < 4.78 is 5.45. The molecular weight excluding hydrogens is 196 g/mol. The molecule has 0 amide bonds. The van der Waals surface area contributed by atoms with E-state index >= 15 is 0 Å². The maximum absolute atomic E-state index is 10.7. The van der Waals surface area contributed by atoms with Gasteiger partial charge in [0.05, 0.1) is 5.56 Å². The highest BCUT2D eigenvalue weighted by molar-refractivity contribution is 5.90. The average Bonchev–Trinajstić information content (AvgIpc) is 2.97. The van der Waals surface area contributed by atoms with Crippen LogP contribution in [-0.2, 0) is 0 Å². The third kappa shape index (κ3) is 1.36. The number of oxazole rings is 1. The van der Waals surface area contributed by atoms with Crippen molar-refractivity contribution >= 4 is 17.2 Å². The van der Waals surface area contributed by atoms with E-state index < -0.39 is 5.97 Å². The van der Waals surface area contributed by atoms with Crippen LogP contribution in [0.5, 0.6) is 0 Å². The highest BCUT2D eigenvalue weighted by Crippen LogP contribution is 2.40. The molecule has 5 heteroatoms. The van der Waals surface area contributed by atoms with Crippen molar-refractivity contribution in [3.05, 3.63) is 23.7 Å². The maximum Gasteiger partial charge on any atom is 0.337 e. The zero-order valence-corrected chi connectivity index (χ0v) is 7.80. The molecule has 15 heavy (non-hydrogen) atoms. The summed E-state index contributed by atoms with van der Waals surface area (Å²) in [6.07, 6.45) is 3.49. The summed E-state index contributed by atoms with van der Waals surface area (Å²) in [7, 11) is 0. The van der Waals surface area contributed by atoms with Crippen LogP contribution in [0.4, 0.5) is 0 Å². The SMILES string of the molecule is O=C(O)c1cnc2nc(C3CC3)oc2c1. The zero-order valence-electron chi connectivity index (χ0n) is 7.80. The standard InChI is InChI=1S/C10H8N2O3/c13-10(14)6-3-7-8(11-4-6)12-9(15-7)5-1-2-5/h3-5H,1-2H2,(H,13,14). The first-order valence-corrected chi connectivity index (χ1v) is 4.74. The lowest BCUT2D eigenvalue weighted by Crippen LogP contribution is -1.96. The van der Waals surface area contributed by atoms with Crippen LogP contribution in [-0.4, -0.2) is 21.0 Å². The molecule has 0 bridgehead atoms. The van der Waals surface area contributed by atoms with E-state index in [2.05, 4.69) is 9.97 Å². The lowest BCUT2D eigenvalue weighted by atomic mass is 10.3. The second kappa shape index (κ2) is 2.79. The van der Waals surface area contributed by atoms with Gasteiger partial charge in [-0.25, -0.2) is 9.78 Å². The average molecular weight is 204 g/mol. The minimum absolute atomic E-state index is 0.126. The number of nitrogens with zero attached hydrogens (tertiary/aromatic N) is 2. The van der Waals surface area contributed by atoms with Gasteiger partial charge >= 0.3 is 5.97 Å². The number of carboxylic acids is 1. The van der Waals surface area contributed by atoms with Crippen molar-refractivity contribution in [2.24, 2.45) is 0 Å². The third-order valence-corrected chi connectivity index (χ3v) is 2.44. The van der Waals surface area contributed by atoms with Crippen molar-refractivity contribution in [1.82, 2.24) is 9.97 Å². The number of carboxylic acid groups (broad SMARTS) is 1. The van der Waals surface area contributed by atoms with Gasteiger partial charge in [0.25, 0.3) is 0 Å². The molecule has 0 spiro atoms. The molecule has 5 nitrogen and oxygen atoms in total.